The third kappa shape index (κ3) is 3.58. The fraction of sp³-hybridized carbons (Fsp3) is 0.294. The second-order valence-electron chi connectivity index (χ2n) is 4.86. The number of hydrogen-bond donors (Lipinski definition) is 1. The van der Waals surface area contributed by atoms with Crippen LogP contribution in [0.4, 0.5) is 4.39 Å². The molecule has 3 heteroatoms. The fourth-order valence-corrected chi connectivity index (χ4v) is 2.00. The van der Waals surface area contributed by atoms with Gasteiger partial charge in [-0.3, -0.25) is 0 Å². The lowest BCUT2D eigenvalue weighted by atomic mass is 10.1. The maximum Gasteiger partial charge on any atom is 0.166 e. The Labute approximate surface area is 118 Å². The minimum atomic E-state index is -0.688. The first-order chi connectivity index (χ1) is 9.60. The molecule has 1 N–H and O–H groups in total. The van der Waals surface area contributed by atoms with Crippen molar-refractivity contribution in [1.29, 1.82) is 0 Å². The zero-order chi connectivity index (χ0) is 14.5. The second kappa shape index (κ2) is 6.53. The molecule has 0 amide bonds. The quantitative estimate of drug-likeness (QED) is 0.861. The zero-order valence-corrected chi connectivity index (χ0v) is 11.8. The number of halogens is 1. The van der Waals surface area contributed by atoms with Crippen LogP contribution < -0.4 is 4.74 Å². The van der Waals surface area contributed by atoms with Gasteiger partial charge in [0.1, 0.15) is 5.75 Å². The molecule has 2 rings (SSSR count). The van der Waals surface area contributed by atoms with Gasteiger partial charge < -0.3 is 9.84 Å². The summed E-state index contributed by atoms with van der Waals surface area (Å²) in [6, 6.07) is 12.2. The third-order valence-electron chi connectivity index (χ3n) is 3.13. The molecule has 0 heterocycles. The van der Waals surface area contributed by atoms with E-state index >= 15 is 0 Å². The van der Waals surface area contributed by atoms with Crippen molar-refractivity contribution in [2.45, 2.75) is 32.8 Å². The Balaban J connectivity index is 2.13. The summed E-state index contributed by atoms with van der Waals surface area (Å²) in [5.74, 6) is 0.298. The highest BCUT2D eigenvalue weighted by Gasteiger charge is 2.08. The molecule has 0 radical (unpaired) electrons. The first-order valence-electron chi connectivity index (χ1n) is 6.84. The molecule has 20 heavy (non-hydrogen) atoms. The van der Waals surface area contributed by atoms with Gasteiger partial charge in [-0.25, -0.2) is 4.39 Å². The summed E-state index contributed by atoms with van der Waals surface area (Å²) in [5, 5.41) is 9.40. The van der Waals surface area contributed by atoms with Crippen LogP contribution in [-0.4, -0.2) is 5.11 Å². The minimum absolute atomic E-state index is 0.164. The summed E-state index contributed by atoms with van der Waals surface area (Å²) in [4.78, 5) is 0. The van der Waals surface area contributed by atoms with Gasteiger partial charge in [-0.1, -0.05) is 31.5 Å². The molecule has 0 aliphatic carbocycles. The average Bonchev–Trinajstić information content (AvgIpc) is 2.43. The molecule has 0 aliphatic rings. The second-order valence-corrected chi connectivity index (χ2v) is 4.86. The standard InChI is InChI=1S/C17H19FO2/c1-3-4-13-5-8-15(9-6-13)20-17-10-7-14(12(2)19)11-16(17)18/h5-12,19H,3-4H2,1-2H3. The van der Waals surface area contributed by atoms with E-state index in [9.17, 15) is 9.50 Å². The molecule has 0 aromatic heterocycles. The molecule has 1 atom stereocenters. The Morgan fingerprint density at radius 3 is 2.40 bits per heavy atom. The first kappa shape index (κ1) is 14.5. The lowest BCUT2D eigenvalue weighted by Gasteiger charge is -2.10. The molecule has 0 bridgehead atoms. The summed E-state index contributed by atoms with van der Waals surface area (Å²) in [6.07, 6.45) is 1.43. The summed E-state index contributed by atoms with van der Waals surface area (Å²) in [6.45, 7) is 3.73. The highest BCUT2D eigenvalue weighted by Crippen LogP contribution is 2.27. The van der Waals surface area contributed by atoms with Crippen molar-refractivity contribution in [2.24, 2.45) is 0 Å². The number of ether oxygens (including phenoxy) is 1. The lowest BCUT2D eigenvalue weighted by Crippen LogP contribution is -1.94. The molecule has 0 fully saturated rings. The van der Waals surface area contributed by atoms with E-state index in [1.165, 1.54) is 17.7 Å². The predicted octanol–water partition coefficient (Wildman–Crippen LogP) is 4.62. The summed E-state index contributed by atoms with van der Waals surface area (Å²) < 4.78 is 19.4. The molecule has 2 aromatic rings. The molecular weight excluding hydrogens is 255 g/mol. The molecule has 2 nitrogen and oxygen atoms in total. The third-order valence-corrected chi connectivity index (χ3v) is 3.13. The van der Waals surface area contributed by atoms with Gasteiger partial charge in [-0.15, -0.1) is 0 Å². The lowest BCUT2D eigenvalue weighted by molar-refractivity contribution is 0.198. The Morgan fingerprint density at radius 1 is 1.15 bits per heavy atom. The average molecular weight is 274 g/mol. The van der Waals surface area contributed by atoms with Gasteiger partial charge in [0.05, 0.1) is 6.10 Å². The maximum absolute atomic E-state index is 13.9. The van der Waals surface area contributed by atoms with Crippen molar-refractivity contribution in [3.8, 4) is 11.5 Å². The van der Waals surface area contributed by atoms with Crippen LogP contribution in [0.5, 0.6) is 11.5 Å². The van der Waals surface area contributed by atoms with E-state index in [0.717, 1.165) is 12.8 Å². The van der Waals surface area contributed by atoms with E-state index in [1.54, 1.807) is 13.0 Å². The van der Waals surface area contributed by atoms with Crippen molar-refractivity contribution in [1.82, 2.24) is 0 Å². The van der Waals surface area contributed by atoms with E-state index < -0.39 is 11.9 Å². The van der Waals surface area contributed by atoms with E-state index in [4.69, 9.17) is 4.74 Å². The van der Waals surface area contributed by atoms with E-state index in [2.05, 4.69) is 6.92 Å². The van der Waals surface area contributed by atoms with Crippen molar-refractivity contribution in [3.63, 3.8) is 0 Å². The summed E-state index contributed by atoms with van der Waals surface area (Å²) in [5.41, 5.74) is 1.78. The highest BCUT2D eigenvalue weighted by atomic mass is 19.1. The Morgan fingerprint density at radius 2 is 1.85 bits per heavy atom. The number of aliphatic hydroxyl groups excluding tert-OH is 1. The summed E-state index contributed by atoms with van der Waals surface area (Å²) in [7, 11) is 0. The maximum atomic E-state index is 13.9. The molecular formula is C17H19FO2. The Bertz CT molecular complexity index is 562. The fourth-order valence-electron chi connectivity index (χ4n) is 2.00. The van der Waals surface area contributed by atoms with Gasteiger partial charge in [0.25, 0.3) is 0 Å². The van der Waals surface area contributed by atoms with E-state index in [-0.39, 0.29) is 5.75 Å². The molecule has 0 aliphatic heterocycles. The number of aliphatic hydroxyl groups is 1. The van der Waals surface area contributed by atoms with E-state index in [1.807, 2.05) is 24.3 Å². The molecule has 0 spiro atoms. The van der Waals surface area contributed by atoms with Crippen LogP contribution in [0.3, 0.4) is 0 Å². The molecule has 1 unspecified atom stereocenters. The highest BCUT2D eigenvalue weighted by molar-refractivity contribution is 5.36. The molecule has 0 saturated carbocycles. The molecule has 0 saturated heterocycles. The van der Waals surface area contributed by atoms with Crippen LogP contribution in [0.1, 0.15) is 37.5 Å². The smallest absolute Gasteiger partial charge is 0.166 e. The van der Waals surface area contributed by atoms with Crippen LogP contribution in [0, 0.1) is 5.82 Å². The summed E-state index contributed by atoms with van der Waals surface area (Å²) >= 11 is 0. The van der Waals surface area contributed by atoms with Crippen LogP contribution in [0.25, 0.3) is 0 Å². The van der Waals surface area contributed by atoms with Gasteiger partial charge in [0.15, 0.2) is 11.6 Å². The first-order valence-corrected chi connectivity index (χ1v) is 6.84. The van der Waals surface area contributed by atoms with Crippen LogP contribution in [0.2, 0.25) is 0 Å². The van der Waals surface area contributed by atoms with Crippen molar-refractivity contribution < 1.29 is 14.2 Å². The van der Waals surface area contributed by atoms with Gasteiger partial charge in [0, 0.05) is 0 Å². The van der Waals surface area contributed by atoms with Gasteiger partial charge >= 0.3 is 0 Å². The van der Waals surface area contributed by atoms with Gasteiger partial charge in [-0.2, -0.15) is 0 Å². The van der Waals surface area contributed by atoms with Gasteiger partial charge in [-0.05, 0) is 48.7 Å². The van der Waals surface area contributed by atoms with Crippen LogP contribution >= 0.6 is 0 Å². The van der Waals surface area contributed by atoms with Gasteiger partial charge in [0.2, 0.25) is 0 Å². The van der Waals surface area contributed by atoms with Crippen molar-refractivity contribution >= 4 is 0 Å². The van der Waals surface area contributed by atoms with Crippen LogP contribution in [0.15, 0.2) is 42.5 Å². The predicted molar refractivity (Wildman–Crippen MR) is 77.5 cm³/mol. The zero-order valence-electron chi connectivity index (χ0n) is 11.8. The molecule has 106 valence electrons. The van der Waals surface area contributed by atoms with E-state index in [0.29, 0.717) is 11.3 Å². The number of benzene rings is 2. The largest absolute Gasteiger partial charge is 0.454 e. The monoisotopic (exact) mass is 274 g/mol. The minimum Gasteiger partial charge on any atom is -0.454 e. The Kier molecular flexibility index (Phi) is 4.74. The van der Waals surface area contributed by atoms with Crippen molar-refractivity contribution in [2.75, 3.05) is 0 Å². The number of rotatable bonds is 5. The Hall–Kier alpha value is -1.87. The normalized spacial score (nSPS) is 12.2. The topological polar surface area (TPSA) is 29.5 Å². The van der Waals surface area contributed by atoms with Crippen molar-refractivity contribution in [3.05, 3.63) is 59.4 Å². The van der Waals surface area contributed by atoms with Crippen LogP contribution in [-0.2, 0) is 6.42 Å². The number of aryl methyl sites for hydroxylation is 1. The molecule has 2 aromatic carbocycles. The number of hydrogen-bond acceptors (Lipinski definition) is 2. The SMILES string of the molecule is CCCc1ccc(Oc2ccc(C(C)O)cc2F)cc1.